The average Bonchev–Trinajstić information content (AvgIpc) is 3.03. The highest BCUT2D eigenvalue weighted by molar-refractivity contribution is 7.80. The van der Waals surface area contributed by atoms with Gasteiger partial charge in [-0.1, -0.05) is 32.4 Å². The summed E-state index contributed by atoms with van der Waals surface area (Å²) in [7, 11) is 1.50. The summed E-state index contributed by atoms with van der Waals surface area (Å²) in [6.07, 6.45) is 2.71. The molecule has 2 aromatic rings. The number of nitrogens with one attached hydrogen (secondary N) is 2. The minimum absolute atomic E-state index is 0.0883. The van der Waals surface area contributed by atoms with E-state index in [1.54, 1.807) is 12.1 Å². The van der Waals surface area contributed by atoms with Gasteiger partial charge in [0.25, 0.3) is 11.8 Å². The Morgan fingerprint density at radius 2 is 2.03 bits per heavy atom. The zero-order chi connectivity index (χ0) is 22.9. The van der Waals surface area contributed by atoms with Crippen molar-refractivity contribution < 1.29 is 14.3 Å². The van der Waals surface area contributed by atoms with Gasteiger partial charge in [0.2, 0.25) is 0 Å². The first-order valence-electron chi connectivity index (χ1n) is 9.91. The molecular formula is C22H26ClN3O3S2. The molecule has 0 bridgehead atoms. The minimum atomic E-state index is -0.495. The second-order valence-electron chi connectivity index (χ2n) is 8.64. The third-order valence-corrected chi connectivity index (χ3v) is 7.27. The molecule has 0 saturated carbocycles. The molecule has 6 nitrogen and oxygen atoms in total. The van der Waals surface area contributed by atoms with E-state index in [1.807, 2.05) is 0 Å². The lowest BCUT2D eigenvalue weighted by Gasteiger charge is -2.33. The molecule has 0 aliphatic heterocycles. The molecule has 1 aromatic carbocycles. The number of rotatable bonds is 4. The Kier molecular flexibility index (Phi) is 6.93. The van der Waals surface area contributed by atoms with Crippen molar-refractivity contribution in [3.63, 3.8) is 0 Å². The number of nitrogens with two attached hydrogens (primary N) is 1. The van der Waals surface area contributed by atoms with Gasteiger partial charge in [0.05, 0.1) is 17.7 Å². The SMILES string of the molecule is COc1ccc(C(=O)NC(=S)Nc2sc3c(c2C(N)=O)CC[C@@H](C(C)(C)C)C3)cc1Cl. The van der Waals surface area contributed by atoms with E-state index in [-0.39, 0.29) is 10.5 Å². The van der Waals surface area contributed by atoms with Crippen LogP contribution in [0.25, 0.3) is 0 Å². The molecule has 4 N–H and O–H groups in total. The first-order chi connectivity index (χ1) is 14.5. The van der Waals surface area contributed by atoms with E-state index in [1.165, 1.54) is 24.5 Å². The van der Waals surface area contributed by atoms with Crippen molar-refractivity contribution in [3.8, 4) is 5.75 Å². The van der Waals surface area contributed by atoms with Crippen LogP contribution in [0, 0.1) is 11.3 Å². The van der Waals surface area contributed by atoms with Gasteiger partial charge in [0.1, 0.15) is 10.8 Å². The van der Waals surface area contributed by atoms with Crippen molar-refractivity contribution in [2.24, 2.45) is 17.1 Å². The molecule has 1 heterocycles. The van der Waals surface area contributed by atoms with Crippen LogP contribution < -0.4 is 21.1 Å². The Labute approximate surface area is 196 Å². The number of benzene rings is 1. The van der Waals surface area contributed by atoms with Crippen LogP contribution in [0.15, 0.2) is 18.2 Å². The summed E-state index contributed by atoms with van der Waals surface area (Å²) in [6, 6.07) is 4.70. The number of carbonyl (C=O) groups is 2. The third kappa shape index (κ3) is 5.19. The van der Waals surface area contributed by atoms with Crippen molar-refractivity contribution in [2.75, 3.05) is 12.4 Å². The number of methoxy groups -OCH3 is 1. The average molecular weight is 480 g/mol. The van der Waals surface area contributed by atoms with Crippen LogP contribution in [0.3, 0.4) is 0 Å². The van der Waals surface area contributed by atoms with Crippen LogP contribution in [0.1, 0.15) is 58.3 Å². The fourth-order valence-corrected chi connectivity index (χ4v) is 5.65. The van der Waals surface area contributed by atoms with Crippen LogP contribution in [0.2, 0.25) is 5.02 Å². The summed E-state index contributed by atoms with van der Waals surface area (Å²) >= 11 is 12.9. The van der Waals surface area contributed by atoms with E-state index in [0.717, 1.165) is 29.7 Å². The highest BCUT2D eigenvalue weighted by atomic mass is 35.5. The number of ether oxygens (including phenoxy) is 1. The summed E-state index contributed by atoms with van der Waals surface area (Å²) in [5.41, 5.74) is 7.67. The van der Waals surface area contributed by atoms with Crippen molar-refractivity contribution >= 4 is 57.1 Å². The molecular weight excluding hydrogens is 454 g/mol. The normalized spacial score (nSPS) is 15.7. The van der Waals surface area contributed by atoms with Gasteiger partial charge >= 0.3 is 0 Å². The summed E-state index contributed by atoms with van der Waals surface area (Å²) in [4.78, 5) is 25.9. The monoisotopic (exact) mass is 479 g/mol. The van der Waals surface area contributed by atoms with Crippen LogP contribution in [0.4, 0.5) is 5.00 Å². The van der Waals surface area contributed by atoms with Crippen molar-refractivity contribution in [1.82, 2.24) is 5.32 Å². The molecule has 3 rings (SSSR count). The number of thiophene rings is 1. The van der Waals surface area contributed by atoms with Crippen LogP contribution in [-0.4, -0.2) is 24.0 Å². The molecule has 2 amide bonds. The standard InChI is InChI=1S/C22H26ClN3O3S2/c1-22(2,3)12-6-7-13-16(10-12)31-20(17(13)18(24)27)26-21(30)25-19(28)11-5-8-15(29-4)14(23)9-11/h5,8-9,12H,6-7,10H2,1-4H3,(H2,24,27)(H2,25,26,28,30)/t12-/m1/s1. The predicted octanol–water partition coefficient (Wildman–Crippen LogP) is 4.79. The topological polar surface area (TPSA) is 93.4 Å². The fourth-order valence-electron chi connectivity index (χ4n) is 3.79. The minimum Gasteiger partial charge on any atom is -0.495 e. The molecule has 1 aromatic heterocycles. The van der Waals surface area contributed by atoms with Gasteiger partial charge in [0.15, 0.2) is 5.11 Å². The molecule has 0 fully saturated rings. The lowest BCUT2D eigenvalue weighted by atomic mass is 9.72. The third-order valence-electron chi connectivity index (χ3n) is 5.60. The summed E-state index contributed by atoms with van der Waals surface area (Å²) in [5, 5.41) is 6.61. The van der Waals surface area contributed by atoms with Gasteiger partial charge in [0, 0.05) is 10.4 Å². The quantitative estimate of drug-likeness (QED) is 0.548. The lowest BCUT2D eigenvalue weighted by Crippen LogP contribution is -2.34. The van der Waals surface area contributed by atoms with Crippen LogP contribution in [0.5, 0.6) is 5.75 Å². The molecule has 0 saturated heterocycles. The van der Waals surface area contributed by atoms with E-state index >= 15 is 0 Å². The molecule has 0 radical (unpaired) electrons. The predicted molar refractivity (Wildman–Crippen MR) is 129 cm³/mol. The summed E-state index contributed by atoms with van der Waals surface area (Å²) < 4.78 is 5.10. The molecule has 1 aliphatic carbocycles. The Hall–Kier alpha value is -2.16. The molecule has 0 spiro atoms. The highest BCUT2D eigenvalue weighted by Gasteiger charge is 2.33. The number of hydrogen-bond donors (Lipinski definition) is 3. The van der Waals surface area contributed by atoms with E-state index in [0.29, 0.717) is 32.8 Å². The lowest BCUT2D eigenvalue weighted by molar-refractivity contribution is 0.0975. The number of hydrogen-bond acceptors (Lipinski definition) is 5. The maximum absolute atomic E-state index is 12.5. The Bertz CT molecular complexity index is 1040. The fraction of sp³-hybridized carbons (Fsp3) is 0.409. The maximum Gasteiger partial charge on any atom is 0.257 e. The van der Waals surface area contributed by atoms with E-state index in [9.17, 15) is 9.59 Å². The van der Waals surface area contributed by atoms with Gasteiger partial charge < -0.3 is 15.8 Å². The van der Waals surface area contributed by atoms with Gasteiger partial charge in [-0.2, -0.15) is 0 Å². The second kappa shape index (κ2) is 9.14. The first kappa shape index (κ1) is 23.5. The molecule has 1 aliphatic rings. The Morgan fingerprint density at radius 3 is 2.61 bits per heavy atom. The van der Waals surface area contributed by atoms with Crippen LogP contribution in [-0.2, 0) is 12.8 Å². The van der Waals surface area contributed by atoms with Gasteiger partial charge in [-0.3, -0.25) is 14.9 Å². The van der Waals surface area contributed by atoms with E-state index in [4.69, 9.17) is 34.3 Å². The van der Waals surface area contributed by atoms with Gasteiger partial charge in [-0.05, 0) is 66.6 Å². The van der Waals surface area contributed by atoms with E-state index < -0.39 is 11.8 Å². The van der Waals surface area contributed by atoms with Crippen molar-refractivity contribution in [2.45, 2.75) is 40.0 Å². The van der Waals surface area contributed by atoms with Crippen molar-refractivity contribution in [1.29, 1.82) is 0 Å². The summed E-state index contributed by atoms with van der Waals surface area (Å²) in [5.74, 6) is 0.0866. The highest BCUT2D eigenvalue weighted by Crippen LogP contribution is 2.44. The number of thiocarbonyl (C=S) groups is 1. The largest absolute Gasteiger partial charge is 0.495 e. The Morgan fingerprint density at radius 1 is 1.32 bits per heavy atom. The van der Waals surface area contributed by atoms with Gasteiger partial charge in [-0.25, -0.2) is 0 Å². The molecule has 166 valence electrons. The first-order valence-corrected chi connectivity index (χ1v) is 11.5. The van der Waals surface area contributed by atoms with E-state index in [2.05, 4.69) is 31.4 Å². The molecule has 31 heavy (non-hydrogen) atoms. The maximum atomic E-state index is 12.5. The number of carbonyl (C=O) groups excluding carboxylic acids is 2. The molecule has 9 heteroatoms. The number of anilines is 1. The Balaban J connectivity index is 1.77. The zero-order valence-electron chi connectivity index (χ0n) is 17.9. The number of amides is 2. The smallest absolute Gasteiger partial charge is 0.257 e. The number of fused-ring (bicyclic) bond motifs is 1. The zero-order valence-corrected chi connectivity index (χ0v) is 20.3. The molecule has 0 unspecified atom stereocenters. The molecule has 1 atom stereocenters. The summed E-state index contributed by atoms with van der Waals surface area (Å²) in [6.45, 7) is 6.71. The number of primary amides is 1. The van der Waals surface area contributed by atoms with Crippen LogP contribution >= 0.6 is 35.2 Å². The van der Waals surface area contributed by atoms with Crippen molar-refractivity contribution in [3.05, 3.63) is 44.8 Å². The second-order valence-corrected chi connectivity index (χ2v) is 10.6. The van der Waals surface area contributed by atoms with Gasteiger partial charge in [-0.15, -0.1) is 11.3 Å². The number of halogens is 1.